The molecule has 1 aliphatic heterocycles. The van der Waals surface area contributed by atoms with Gasteiger partial charge in [0.15, 0.2) is 5.82 Å². The Morgan fingerprint density at radius 1 is 1.27 bits per heavy atom. The normalized spacial score (nSPS) is 26.7. The first kappa shape index (κ1) is 15.9. The first-order chi connectivity index (χ1) is 10.7. The van der Waals surface area contributed by atoms with Crippen molar-refractivity contribution in [3.8, 4) is 0 Å². The molecule has 1 aromatic heterocycles. The van der Waals surface area contributed by atoms with Gasteiger partial charge in [-0.2, -0.15) is 4.98 Å². The summed E-state index contributed by atoms with van der Waals surface area (Å²) in [4.78, 5) is 6.85. The van der Waals surface area contributed by atoms with E-state index >= 15 is 0 Å². The Morgan fingerprint density at radius 3 is 2.77 bits per heavy atom. The van der Waals surface area contributed by atoms with Crippen LogP contribution < -0.4 is 5.32 Å². The molecule has 1 N–H and O–H groups in total. The summed E-state index contributed by atoms with van der Waals surface area (Å²) in [6.07, 6.45) is 7.73. The summed E-state index contributed by atoms with van der Waals surface area (Å²) in [5.74, 6) is 1.37. The van der Waals surface area contributed by atoms with Crippen LogP contribution in [0.2, 0.25) is 0 Å². The SMILES string of the molecule is CC(OC1CCCCCC1)c1nc(C2CNCCN2C)no1. The monoisotopic (exact) mass is 308 g/mol. The van der Waals surface area contributed by atoms with E-state index in [1.807, 2.05) is 6.92 Å². The van der Waals surface area contributed by atoms with Crippen LogP contribution in [0.25, 0.3) is 0 Å². The van der Waals surface area contributed by atoms with Crippen LogP contribution in [0, 0.1) is 0 Å². The summed E-state index contributed by atoms with van der Waals surface area (Å²) >= 11 is 0. The van der Waals surface area contributed by atoms with Gasteiger partial charge >= 0.3 is 0 Å². The van der Waals surface area contributed by atoms with E-state index in [2.05, 4.69) is 27.4 Å². The van der Waals surface area contributed by atoms with Crippen molar-refractivity contribution < 1.29 is 9.26 Å². The predicted molar refractivity (Wildman–Crippen MR) is 83.5 cm³/mol. The second kappa shape index (κ2) is 7.53. The summed E-state index contributed by atoms with van der Waals surface area (Å²) in [5, 5.41) is 7.56. The van der Waals surface area contributed by atoms with Gasteiger partial charge in [0.25, 0.3) is 5.89 Å². The molecule has 0 bridgehead atoms. The van der Waals surface area contributed by atoms with E-state index in [1.165, 1.54) is 25.7 Å². The smallest absolute Gasteiger partial charge is 0.255 e. The Hall–Kier alpha value is -0.980. The van der Waals surface area contributed by atoms with Gasteiger partial charge in [0, 0.05) is 19.6 Å². The van der Waals surface area contributed by atoms with Gasteiger partial charge in [0.1, 0.15) is 6.10 Å². The largest absolute Gasteiger partial charge is 0.365 e. The van der Waals surface area contributed by atoms with Crippen LogP contribution in [0.4, 0.5) is 0 Å². The van der Waals surface area contributed by atoms with Crippen molar-refractivity contribution in [2.45, 2.75) is 63.7 Å². The molecule has 6 nitrogen and oxygen atoms in total. The van der Waals surface area contributed by atoms with Gasteiger partial charge in [-0.15, -0.1) is 0 Å². The molecule has 6 heteroatoms. The number of hydrogen-bond donors (Lipinski definition) is 1. The van der Waals surface area contributed by atoms with Crippen molar-refractivity contribution in [1.82, 2.24) is 20.4 Å². The average Bonchev–Trinajstić information content (AvgIpc) is 2.87. The van der Waals surface area contributed by atoms with E-state index in [0.717, 1.165) is 38.3 Å². The van der Waals surface area contributed by atoms with Gasteiger partial charge in [-0.05, 0) is 26.8 Å². The predicted octanol–water partition coefficient (Wildman–Crippen LogP) is 2.45. The fourth-order valence-corrected chi connectivity index (χ4v) is 3.37. The van der Waals surface area contributed by atoms with Crippen molar-refractivity contribution in [3.63, 3.8) is 0 Å². The lowest BCUT2D eigenvalue weighted by atomic mass is 10.1. The average molecular weight is 308 g/mol. The van der Waals surface area contributed by atoms with Gasteiger partial charge in [-0.3, -0.25) is 4.90 Å². The number of piperazine rings is 1. The maximum absolute atomic E-state index is 6.16. The van der Waals surface area contributed by atoms with Crippen LogP contribution in [0.1, 0.15) is 69.3 Å². The van der Waals surface area contributed by atoms with Crippen LogP contribution >= 0.6 is 0 Å². The van der Waals surface area contributed by atoms with Crippen molar-refractivity contribution in [1.29, 1.82) is 0 Å². The minimum atomic E-state index is -0.119. The molecule has 2 fully saturated rings. The van der Waals surface area contributed by atoms with Crippen LogP contribution in [0.5, 0.6) is 0 Å². The Morgan fingerprint density at radius 2 is 2.05 bits per heavy atom. The second-order valence-corrected chi connectivity index (χ2v) is 6.58. The number of nitrogens with one attached hydrogen (secondary N) is 1. The molecule has 1 aliphatic carbocycles. The molecule has 2 atom stereocenters. The summed E-state index contributed by atoms with van der Waals surface area (Å²) in [6.45, 7) is 4.90. The zero-order valence-corrected chi connectivity index (χ0v) is 13.8. The molecule has 1 saturated carbocycles. The maximum Gasteiger partial charge on any atom is 0.255 e. The number of ether oxygens (including phenoxy) is 1. The summed E-state index contributed by atoms with van der Waals surface area (Å²) < 4.78 is 11.6. The summed E-state index contributed by atoms with van der Waals surface area (Å²) in [6, 6.07) is 0.191. The van der Waals surface area contributed by atoms with Crippen LogP contribution in [0.3, 0.4) is 0 Å². The molecule has 2 aliphatic rings. The number of likely N-dealkylation sites (N-methyl/N-ethyl adjacent to an activating group) is 1. The highest BCUT2D eigenvalue weighted by atomic mass is 16.5. The van der Waals surface area contributed by atoms with Crippen LogP contribution in [-0.2, 0) is 4.74 Å². The first-order valence-corrected chi connectivity index (χ1v) is 8.64. The number of hydrogen-bond acceptors (Lipinski definition) is 6. The zero-order chi connectivity index (χ0) is 15.4. The topological polar surface area (TPSA) is 63.4 Å². The Bertz CT molecular complexity index is 457. The molecule has 0 radical (unpaired) electrons. The third kappa shape index (κ3) is 3.86. The lowest BCUT2D eigenvalue weighted by Crippen LogP contribution is -2.44. The number of aromatic nitrogens is 2. The quantitative estimate of drug-likeness (QED) is 0.862. The van der Waals surface area contributed by atoms with Gasteiger partial charge in [-0.25, -0.2) is 0 Å². The summed E-state index contributed by atoms with van der Waals surface area (Å²) in [5.41, 5.74) is 0. The molecule has 0 aromatic carbocycles. The molecule has 0 spiro atoms. The highest BCUT2D eigenvalue weighted by Crippen LogP contribution is 2.26. The standard InChI is InChI=1S/C16H28N4O2/c1-12(21-13-7-5-3-4-6-8-13)16-18-15(19-22-16)14-11-17-9-10-20(14)2/h12-14,17H,3-11H2,1-2H3. The molecule has 1 saturated heterocycles. The third-order valence-electron chi connectivity index (χ3n) is 4.81. The van der Waals surface area contributed by atoms with Gasteiger partial charge < -0.3 is 14.6 Å². The van der Waals surface area contributed by atoms with Gasteiger partial charge in [0.2, 0.25) is 0 Å². The van der Waals surface area contributed by atoms with Crippen molar-refractivity contribution in [2.75, 3.05) is 26.7 Å². The number of nitrogens with zero attached hydrogens (tertiary/aromatic N) is 3. The Kier molecular flexibility index (Phi) is 5.44. The molecule has 0 amide bonds. The molecular weight excluding hydrogens is 280 g/mol. The van der Waals surface area contributed by atoms with E-state index in [0.29, 0.717) is 12.0 Å². The highest BCUT2D eigenvalue weighted by Gasteiger charge is 2.27. The Labute approximate surface area is 132 Å². The van der Waals surface area contributed by atoms with Crippen molar-refractivity contribution >= 4 is 0 Å². The zero-order valence-electron chi connectivity index (χ0n) is 13.8. The van der Waals surface area contributed by atoms with Crippen molar-refractivity contribution in [2.24, 2.45) is 0 Å². The minimum absolute atomic E-state index is 0.119. The maximum atomic E-state index is 6.16. The molecule has 22 heavy (non-hydrogen) atoms. The lowest BCUT2D eigenvalue weighted by Gasteiger charge is -2.30. The molecule has 2 unspecified atom stereocenters. The van der Waals surface area contributed by atoms with E-state index < -0.39 is 0 Å². The molecule has 3 rings (SSSR count). The van der Waals surface area contributed by atoms with Gasteiger partial charge in [-0.1, -0.05) is 30.8 Å². The molecular formula is C16H28N4O2. The van der Waals surface area contributed by atoms with E-state index in [1.54, 1.807) is 0 Å². The van der Waals surface area contributed by atoms with E-state index in [-0.39, 0.29) is 12.1 Å². The Balaban J connectivity index is 1.59. The van der Waals surface area contributed by atoms with E-state index in [9.17, 15) is 0 Å². The van der Waals surface area contributed by atoms with Crippen molar-refractivity contribution in [3.05, 3.63) is 11.7 Å². The highest BCUT2D eigenvalue weighted by molar-refractivity contribution is 4.99. The molecule has 2 heterocycles. The van der Waals surface area contributed by atoms with Gasteiger partial charge in [0.05, 0.1) is 12.1 Å². The minimum Gasteiger partial charge on any atom is -0.365 e. The van der Waals surface area contributed by atoms with E-state index in [4.69, 9.17) is 9.26 Å². The summed E-state index contributed by atoms with van der Waals surface area (Å²) in [7, 11) is 2.10. The molecule has 1 aromatic rings. The van der Waals surface area contributed by atoms with Crippen LogP contribution in [-0.4, -0.2) is 47.8 Å². The molecule has 124 valence electrons. The first-order valence-electron chi connectivity index (χ1n) is 8.64. The lowest BCUT2D eigenvalue weighted by molar-refractivity contribution is -0.0259. The fraction of sp³-hybridized carbons (Fsp3) is 0.875. The third-order valence-corrected chi connectivity index (χ3v) is 4.81. The van der Waals surface area contributed by atoms with Crippen LogP contribution in [0.15, 0.2) is 4.52 Å². The second-order valence-electron chi connectivity index (χ2n) is 6.58. The number of rotatable bonds is 4. The fourth-order valence-electron chi connectivity index (χ4n) is 3.37.